The van der Waals surface area contributed by atoms with Gasteiger partial charge in [0.25, 0.3) is 0 Å². The molecule has 4 aromatic rings. The van der Waals surface area contributed by atoms with Crippen molar-refractivity contribution in [1.82, 2.24) is 15.3 Å². The number of dihydropyridines is 1. The molecule has 2 unspecified atom stereocenters. The summed E-state index contributed by atoms with van der Waals surface area (Å²) < 4.78 is 0. The Bertz CT molecular complexity index is 1680. The number of aromatic nitrogens is 2. The topological polar surface area (TPSA) is 63.8 Å². The van der Waals surface area contributed by atoms with Gasteiger partial charge in [0.2, 0.25) is 0 Å². The highest BCUT2D eigenvalue weighted by molar-refractivity contribution is 5.82. The number of nitrogens with two attached hydrogens (primary N) is 1. The lowest BCUT2D eigenvalue weighted by Crippen LogP contribution is -2.30. The van der Waals surface area contributed by atoms with Crippen molar-refractivity contribution < 1.29 is 0 Å². The minimum absolute atomic E-state index is 0.00441. The van der Waals surface area contributed by atoms with Crippen molar-refractivity contribution in [2.45, 2.75) is 85.2 Å². The van der Waals surface area contributed by atoms with Crippen molar-refractivity contribution in [3.8, 4) is 0 Å². The van der Waals surface area contributed by atoms with Crippen LogP contribution in [0.25, 0.3) is 17.0 Å². The summed E-state index contributed by atoms with van der Waals surface area (Å²) in [4.78, 5) is 9.34. The van der Waals surface area contributed by atoms with Crippen LogP contribution in [-0.4, -0.2) is 9.97 Å². The Labute approximate surface area is 257 Å². The van der Waals surface area contributed by atoms with Crippen LogP contribution in [0.4, 0.5) is 0 Å². The molecule has 3 heterocycles. The normalized spacial score (nSPS) is 17.2. The third-order valence-electron chi connectivity index (χ3n) is 8.82. The van der Waals surface area contributed by atoms with Crippen LogP contribution < -0.4 is 11.1 Å². The van der Waals surface area contributed by atoms with Gasteiger partial charge in [-0.05, 0) is 120 Å². The highest BCUT2D eigenvalue weighted by atomic mass is 15.0. The van der Waals surface area contributed by atoms with Crippen molar-refractivity contribution in [2.75, 3.05) is 0 Å². The quantitative estimate of drug-likeness (QED) is 0.251. The number of aryl methyl sites for hydroxylation is 4. The summed E-state index contributed by atoms with van der Waals surface area (Å²) in [7, 11) is 0. The molecule has 222 valence electrons. The van der Waals surface area contributed by atoms with Gasteiger partial charge in [0.05, 0.1) is 17.3 Å². The molecule has 0 saturated heterocycles. The number of rotatable bonds is 5. The van der Waals surface area contributed by atoms with E-state index in [0.717, 1.165) is 44.0 Å². The van der Waals surface area contributed by atoms with Crippen molar-refractivity contribution in [2.24, 2.45) is 5.73 Å². The molecule has 1 aliphatic heterocycles. The van der Waals surface area contributed by atoms with Gasteiger partial charge in [-0.15, -0.1) is 0 Å². The predicted molar refractivity (Wildman–Crippen MR) is 182 cm³/mol. The lowest BCUT2D eigenvalue weighted by molar-refractivity contribution is 0.587. The summed E-state index contributed by atoms with van der Waals surface area (Å²) in [5.41, 5.74) is 20.9. The molecule has 2 aromatic carbocycles. The molecule has 0 saturated carbocycles. The van der Waals surface area contributed by atoms with Crippen molar-refractivity contribution >= 4 is 17.0 Å². The van der Waals surface area contributed by atoms with Crippen molar-refractivity contribution in [3.05, 3.63) is 135 Å². The third kappa shape index (κ3) is 6.35. The van der Waals surface area contributed by atoms with Crippen LogP contribution in [0.3, 0.4) is 0 Å². The van der Waals surface area contributed by atoms with Gasteiger partial charge in [-0.25, -0.2) is 0 Å². The van der Waals surface area contributed by atoms with Gasteiger partial charge < -0.3 is 11.1 Å². The summed E-state index contributed by atoms with van der Waals surface area (Å²) in [6, 6.07) is 19.8. The summed E-state index contributed by atoms with van der Waals surface area (Å²) >= 11 is 0. The first kappa shape index (κ1) is 30.4. The molecule has 4 nitrogen and oxygen atoms in total. The molecular weight excluding hydrogens is 524 g/mol. The smallest absolute Gasteiger partial charge is 0.0905 e. The van der Waals surface area contributed by atoms with E-state index in [1.54, 1.807) is 0 Å². The van der Waals surface area contributed by atoms with Crippen LogP contribution in [0.2, 0.25) is 0 Å². The molecule has 7 rings (SSSR count). The zero-order valence-corrected chi connectivity index (χ0v) is 26.5. The molecule has 2 aromatic heterocycles. The van der Waals surface area contributed by atoms with E-state index < -0.39 is 0 Å². The first-order valence-corrected chi connectivity index (χ1v) is 16.2. The number of fused-ring (bicyclic) bond motifs is 5. The fourth-order valence-electron chi connectivity index (χ4n) is 6.48. The minimum Gasteiger partial charge on any atom is -0.373 e. The number of hydrogen-bond donors (Lipinski definition) is 2. The SMILES string of the molecule is CC.CC.Cc1c(CCC(N)c2ccc3c(c2)C=C(C2=CC=C4CCc5cccnc5C4N2)CC3)ccc2cccnc12. The molecule has 2 atom stereocenters. The molecule has 3 N–H and O–H groups in total. The first-order chi connectivity index (χ1) is 21.1. The van der Waals surface area contributed by atoms with Crippen molar-refractivity contribution in [3.63, 3.8) is 0 Å². The van der Waals surface area contributed by atoms with E-state index in [-0.39, 0.29) is 12.1 Å². The Morgan fingerprint density at radius 1 is 0.860 bits per heavy atom. The zero-order chi connectivity index (χ0) is 30.3. The van der Waals surface area contributed by atoms with Crippen LogP contribution in [-0.2, 0) is 19.3 Å². The molecule has 0 bridgehead atoms. The Kier molecular flexibility index (Phi) is 9.89. The molecule has 0 amide bonds. The highest BCUT2D eigenvalue weighted by Gasteiger charge is 2.29. The number of nitrogens with one attached hydrogen (secondary N) is 1. The monoisotopic (exact) mass is 570 g/mol. The van der Waals surface area contributed by atoms with E-state index in [2.05, 4.69) is 84.0 Å². The van der Waals surface area contributed by atoms with Crippen LogP contribution in [0.5, 0.6) is 0 Å². The van der Waals surface area contributed by atoms with Crippen LogP contribution in [0.1, 0.15) is 98.1 Å². The largest absolute Gasteiger partial charge is 0.373 e. The highest BCUT2D eigenvalue weighted by Crippen LogP contribution is 2.38. The van der Waals surface area contributed by atoms with Gasteiger partial charge in [-0.1, -0.05) is 70.2 Å². The molecule has 0 radical (unpaired) electrons. The first-order valence-electron chi connectivity index (χ1n) is 16.2. The van der Waals surface area contributed by atoms with E-state index in [1.165, 1.54) is 61.3 Å². The third-order valence-corrected chi connectivity index (χ3v) is 8.82. The maximum absolute atomic E-state index is 6.76. The van der Waals surface area contributed by atoms with Gasteiger partial charge in [0, 0.05) is 29.5 Å². The van der Waals surface area contributed by atoms with Gasteiger partial charge in [-0.2, -0.15) is 0 Å². The average molecular weight is 571 g/mol. The molecule has 43 heavy (non-hydrogen) atoms. The Balaban J connectivity index is 0.000000885. The number of hydrogen-bond acceptors (Lipinski definition) is 4. The van der Waals surface area contributed by atoms with E-state index >= 15 is 0 Å². The average Bonchev–Trinajstić information content (AvgIpc) is 3.09. The fraction of sp³-hybridized carbons (Fsp3) is 0.333. The molecule has 0 fully saturated rings. The summed E-state index contributed by atoms with van der Waals surface area (Å²) in [5.74, 6) is 0. The van der Waals surface area contributed by atoms with E-state index in [4.69, 9.17) is 10.7 Å². The second-order valence-electron chi connectivity index (χ2n) is 11.1. The standard InChI is InChI=1S/C35H34N4.2C2H6/c1-22-23(6-9-25-4-2-18-37-33(22)25)14-16-31(36)28-12-7-24-8-13-29(21-30(24)20-28)32-17-15-27-11-10-26-5-3-19-38-34(26)35(27)39-32;2*1-2/h2-7,9,12,15,17-21,31,35,39H,8,10-11,13-14,16,36H2,1H3;2*1-2H3. The van der Waals surface area contributed by atoms with Crippen LogP contribution in [0, 0.1) is 6.92 Å². The summed E-state index contributed by atoms with van der Waals surface area (Å²) in [5, 5.41) is 5.03. The second kappa shape index (κ2) is 14.0. The van der Waals surface area contributed by atoms with Gasteiger partial charge in [0.1, 0.15) is 0 Å². The van der Waals surface area contributed by atoms with Crippen LogP contribution in [0.15, 0.2) is 96.0 Å². The van der Waals surface area contributed by atoms with Gasteiger partial charge in [0.15, 0.2) is 0 Å². The van der Waals surface area contributed by atoms with Crippen molar-refractivity contribution in [1.29, 1.82) is 0 Å². The summed E-state index contributed by atoms with van der Waals surface area (Å²) in [6.07, 6.45) is 16.9. The molecule has 3 aliphatic rings. The Morgan fingerprint density at radius 3 is 2.51 bits per heavy atom. The van der Waals surface area contributed by atoms with Crippen LogP contribution >= 0.6 is 0 Å². The molecule has 0 spiro atoms. The lowest BCUT2D eigenvalue weighted by atomic mass is 9.83. The predicted octanol–water partition coefficient (Wildman–Crippen LogP) is 9.05. The van der Waals surface area contributed by atoms with E-state index in [1.807, 2.05) is 46.2 Å². The van der Waals surface area contributed by atoms with Gasteiger partial charge in [-0.3, -0.25) is 9.97 Å². The van der Waals surface area contributed by atoms with Gasteiger partial charge >= 0.3 is 0 Å². The maximum atomic E-state index is 6.76. The summed E-state index contributed by atoms with van der Waals surface area (Å²) in [6.45, 7) is 10.2. The lowest BCUT2D eigenvalue weighted by Gasteiger charge is -2.33. The molecule has 4 heteroatoms. The Hall–Kier alpha value is -4.02. The zero-order valence-electron chi connectivity index (χ0n) is 26.5. The molecule has 2 aliphatic carbocycles. The second-order valence-corrected chi connectivity index (χ2v) is 11.1. The van der Waals surface area contributed by atoms with E-state index in [0.29, 0.717) is 0 Å². The maximum Gasteiger partial charge on any atom is 0.0905 e. The minimum atomic E-state index is -0.00441. The number of nitrogens with zero attached hydrogens (tertiary/aromatic N) is 2. The number of pyridine rings is 2. The number of benzene rings is 2. The number of allylic oxidation sites excluding steroid dienone is 3. The van der Waals surface area contributed by atoms with E-state index in [9.17, 15) is 0 Å². The Morgan fingerprint density at radius 2 is 1.65 bits per heavy atom. The fourth-order valence-corrected chi connectivity index (χ4v) is 6.48. The molecular formula is C39H46N4.